The molecule has 1 heterocycles. The molecule has 5 rings (SSSR count). The fourth-order valence-corrected chi connectivity index (χ4v) is 5.58. The lowest BCUT2D eigenvalue weighted by Gasteiger charge is -2.38. The number of benzene rings is 4. The van der Waals surface area contributed by atoms with E-state index in [2.05, 4.69) is 76.4 Å². The average molecular weight is 484 g/mol. The molecule has 0 amide bonds. The number of hydrogen-bond donors (Lipinski definition) is 1. The largest absolute Gasteiger partial charge is 0.385 e. The second-order valence-corrected chi connectivity index (χ2v) is 11.4. The Kier molecular flexibility index (Phi) is 6.05. The first-order valence-electron chi connectivity index (χ1n) is 13.1. The van der Waals surface area contributed by atoms with Crippen LogP contribution in [0.4, 0.5) is 5.69 Å². The number of nitrogens with one attached hydrogen (secondary N) is 1. The minimum atomic E-state index is 0.0632. The maximum Gasteiger partial charge on any atom is 0.100 e. The lowest BCUT2D eigenvalue weighted by atomic mass is 9.72. The Labute approximate surface area is 220 Å². The summed E-state index contributed by atoms with van der Waals surface area (Å²) in [6.07, 6.45) is 6.47. The van der Waals surface area contributed by atoms with Crippen LogP contribution in [0.2, 0.25) is 0 Å². The predicted octanol–water partition coefficient (Wildman–Crippen LogP) is 8.69. The van der Waals surface area contributed by atoms with Gasteiger partial charge in [-0.15, -0.1) is 0 Å². The minimum absolute atomic E-state index is 0.0632. The van der Waals surface area contributed by atoms with Crippen molar-refractivity contribution >= 4 is 39.4 Å². The number of fused-ring (bicyclic) bond motifs is 3. The standard InChI is InChI=1S/C34H33N3/c1-6-33(2,3)30-18-23(19-31-32(30)37-16-15-34(31,4)5)12-11-22-13-14-26-27(17-22)29(21-36)25-10-8-7-9-24(25)28(26)20-35/h7-14,17-19,37H,6,15-16H2,1-5H3. The Balaban J connectivity index is 1.66. The van der Waals surface area contributed by atoms with Gasteiger partial charge in [-0.2, -0.15) is 10.5 Å². The van der Waals surface area contributed by atoms with Gasteiger partial charge in [-0.1, -0.05) is 83.2 Å². The molecule has 0 spiro atoms. The second-order valence-electron chi connectivity index (χ2n) is 11.4. The zero-order valence-electron chi connectivity index (χ0n) is 22.4. The summed E-state index contributed by atoms with van der Waals surface area (Å²) in [4.78, 5) is 0. The van der Waals surface area contributed by atoms with Crippen LogP contribution >= 0.6 is 0 Å². The van der Waals surface area contributed by atoms with Crippen molar-refractivity contribution in [3.8, 4) is 12.1 Å². The normalized spacial score (nSPS) is 14.8. The van der Waals surface area contributed by atoms with Gasteiger partial charge in [0.05, 0.1) is 11.1 Å². The van der Waals surface area contributed by atoms with Gasteiger partial charge in [0, 0.05) is 33.8 Å². The van der Waals surface area contributed by atoms with E-state index >= 15 is 0 Å². The van der Waals surface area contributed by atoms with E-state index in [9.17, 15) is 10.5 Å². The van der Waals surface area contributed by atoms with Gasteiger partial charge in [-0.25, -0.2) is 0 Å². The third kappa shape index (κ3) is 4.16. The summed E-state index contributed by atoms with van der Waals surface area (Å²) in [7, 11) is 0. The number of hydrogen-bond acceptors (Lipinski definition) is 3. The van der Waals surface area contributed by atoms with Crippen LogP contribution in [0.15, 0.2) is 54.6 Å². The van der Waals surface area contributed by atoms with E-state index in [0.717, 1.165) is 46.5 Å². The van der Waals surface area contributed by atoms with E-state index in [4.69, 9.17) is 0 Å². The first-order chi connectivity index (χ1) is 17.7. The zero-order chi connectivity index (χ0) is 26.4. The lowest BCUT2D eigenvalue weighted by molar-refractivity contribution is 0.469. The third-order valence-corrected chi connectivity index (χ3v) is 8.29. The summed E-state index contributed by atoms with van der Waals surface area (Å²) in [5, 5.41) is 27.0. The molecular weight excluding hydrogens is 450 g/mol. The van der Waals surface area contributed by atoms with E-state index in [1.54, 1.807) is 0 Å². The molecule has 3 heteroatoms. The molecule has 4 aromatic rings. The molecule has 4 aromatic carbocycles. The zero-order valence-corrected chi connectivity index (χ0v) is 22.4. The highest BCUT2D eigenvalue weighted by Gasteiger charge is 2.32. The Hall–Kier alpha value is -4.08. The molecule has 1 aliphatic heterocycles. The molecule has 0 aliphatic carbocycles. The monoisotopic (exact) mass is 483 g/mol. The van der Waals surface area contributed by atoms with Gasteiger partial charge in [0.1, 0.15) is 12.1 Å². The summed E-state index contributed by atoms with van der Waals surface area (Å²) in [6.45, 7) is 12.6. The second kappa shape index (κ2) is 9.10. The average Bonchev–Trinajstić information content (AvgIpc) is 2.90. The number of nitrogens with zero attached hydrogens (tertiary/aromatic N) is 2. The van der Waals surface area contributed by atoms with Crippen LogP contribution in [-0.2, 0) is 10.8 Å². The highest BCUT2D eigenvalue weighted by atomic mass is 14.9. The van der Waals surface area contributed by atoms with Crippen molar-refractivity contribution in [2.45, 2.75) is 58.3 Å². The molecule has 184 valence electrons. The highest BCUT2D eigenvalue weighted by Crippen LogP contribution is 2.44. The summed E-state index contributed by atoms with van der Waals surface area (Å²) >= 11 is 0. The predicted molar refractivity (Wildman–Crippen MR) is 156 cm³/mol. The molecule has 3 nitrogen and oxygen atoms in total. The minimum Gasteiger partial charge on any atom is -0.385 e. The maximum absolute atomic E-state index is 10.0. The molecule has 0 unspecified atom stereocenters. The van der Waals surface area contributed by atoms with E-state index in [1.807, 2.05) is 42.5 Å². The van der Waals surface area contributed by atoms with Crippen LogP contribution < -0.4 is 5.32 Å². The summed E-state index contributed by atoms with van der Waals surface area (Å²) in [5.41, 5.74) is 7.67. The Morgan fingerprint density at radius 2 is 1.49 bits per heavy atom. The van der Waals surface area contributed by atoms with Gasteiger partial charge < -0.3 is 5.32 Å². The first-order valence-corrected chi connectivity index (χ1v) is 13.1. The lowest BCUT2D eigenvalue weighted by Crippen LogP contribution is -2.31. The van der Waals surface area contributed by atoms with Gasteiger partial charge in [0.15, 0.2) is 0 Å². The van der Waals surface area contributed by atoms with E-state index in [1.165, 1.54) is 22.4 Å². The molecule has 1 aliphatic rings. The topological polar surface area (TPSA) is 59.6 Å². The van der Waals surface area contributed by atoms with Crippen LogP contribution in [0.5, 0.6) is 0 Å². The van der Waals surface area contributed by atoms with E-state index in [0.29, 0.717) is 11.1 Å². The van der Waals surface area contributed by atoms with Gasteiger partial charge in [0.2, 0.25) is 0 Å². The molecule has 0 saturated heterocycles. The molecule has 0 aromatic heterocycles. The third-order valence-electron chi connectivity index (χ3n) is 8.29. The quantitative estimate of drug-likeness (QED) is 0.233. The van der Waals surface area contributed by atoms with Crippen LogP contribution in [0.1, 0.15) is 80.8 Å². The maximum atomic E-state index is 10.0. The van der Waals surface area contributed by atoms with Crippen LogP contribution in [0, 0.1) is 22.7 Å². The van der Waals surface area contributed by atoms with E-state index < -0.39 is 0 Å². The molecular formula is C34H33N3. The molecule has 37 heavy (non-hydrogen) atoms. The summed E-state index contributed by atoms with van der Waals surface area (Å²) in [6, 6.07) is 23.2. The van der Waals surface area contributed by atoms with Crippen molar-refractivity contribution in [2.75, 3.05) is 11.9 Å². The van der Waals surface area contributed by atoms with Crippen molar-refractivity contribution in [2.24, 2.45) is 0 Å². The number of nitriles is 2. The smallest absolute Gasteiger partial charge is 0.100 e. The summed E-state index contributed by atoms with van der Waals surface area (Å²) in [5.74, 6) is 0. The molecule has 0 fully saturated rings. The summed E-state index contributed by atoms with van der Waals surface area (Å²) < 4.78 is 0. The molecule has 1 N–H and O–H groups in total. The Morgan fingerprint density at radius 3 is 2.14 bits per heavy atom. The fraction of sp³-hybridized carbons (Fsp3) is 0.294. The van der Waals surface area contributed by atoms with Crippen molar-refractivity contribution in [3.63, 3.8) is 0 Å². The molecule has 0 saturated carbocycles. The number of rotatable bonds is 4. The van der Waals surface area contributed by atoms with Gasteiger partial charge in [-0.3, -0.25) is 0 Å². The van der Waals surface area contributed by atoms with Crippen molar-refractivity contribution in [1.82, 2.24) is 0 Å². The molecule has 0 atom stereocenters. The first kappa shape index (κ1) is 24.6. The highest BCUT2D eigenvalue weighted by molar-refractivity contribution is 6.09. The molecule has 0 bridgehead atoms. The van der Waals surface area contributed by atoms with Crippen LogP contribution in [0.3, 0.4) is 0 Å². The van der Waals surface area contributed by atoms with Crippen molar-refractivity contribution in [3.05, 3.63) is 88.0 Å². The van der Waals surface area contributed by atoms with Gasteiger partial charge in [0.25, 0.3) is 0 Å². The molecule has 0 radical (unpaired) electrons. The van der Waals surface area contributed by atoms with Crippen LogP contribution in [0.25, 0.3) is 33.7 Å². The number of anilines is 1. The van der Waals surface area contributed by atoms with Gasteiger partial charge >= 0.3 is 0 Å². The Morgan fingerprint density at radius 1 is 0.865 bits per heavy atom. The van der Waals surface area contributed by atoms with Gasteiger partial charge in [-0.05, 0) is 64.1 Å². The van der Waals surface area contributed by atoms with Crippen LogP contribution in [-0.4, -0.2) is 6.54 Å². The van der Waals surface area contributed by atoms with Crippen molar-refractivity contribution in [1.29, 1.82) is 10.5 Å². The fourth-order valence-electron chi connectivity index (χ4n) is 5.58. The Bertz CT molecular complexity index is 1660. The van der Waals surface area contributed by atoms with Crippen molar-refractivity contribution < 1.29 is 0 Å². The SMILES string of the molecule is CCC(C)(C)c1cc(C=Cc2ccc3c(C#N)c4ccccc4c(C#N)c3c2)cc2c1NCCC2(C)C. The van der Waals surface area contributed by atoms with E-state index in [-0.39, 0.29) is 10.8 Å².